The Labute approximate surface area is 325 Å². The standard InChI is InChI=1S/C40H61N5O10/c1-33-31-45(19-18-44(33)17-15-37(47)35-10-7-8-11-36(35)46)39-14-13-34(30-43-39)55-20-9-5-3-2-4-6-12-40(49)42-16-21-50-22-23-51-24-25-52-26-27-53-28-29-54-32-38(41)48/h7-8,10-11,13-15,17,30,33,46H,2-6,9,12,16,18-29,31-32H2,1H3,(H2,41,48)(H,42,49)/b17-15+/t33-/m1/s1. The molecule has 1 aromatic heterocycles. The van der Waals surface area contributed by atoms with Gasteiger partial charge in [-0.25, -0.2) is 4.98 Å². The highest BCUT2D eigenvalue weighted by molar-refractivity contribution is 6.06. The second-order valence-electron chi connectivity index (χ2n) is 13.1. The van der Waals surface area contributed by atoms with E-state index in [4.69, 9.17) is 34.2 Å². The number of unbranched alkanes of at least 4 members (excludes halogenated alkanes) is 5. The number of primary amides is 1. The molecule has 1 aliphatic heterocycles. The number of nitrogens with zero attached hydrogens (tertiary/aromatic N) is 3. The van der Waals surface area contributed by atoms with Gasteiger partial charge in [-0.3, -0.25) is 14.4 Å². The summed E-state index contributed by atoms with van der Waals surface area (Å²) in [5, 5.41) is 12.8. The highest BCUT2D eigenvalue weighted by Crippen LogP contribution is 2.21. The molecule has 3 rings (SSSR count). The van der Waals surface area contributed by atoms with Gasteiger partial charge in [0.2, 0.25) is 11.8 Å². The number of para-hydroxylation sites is 1. The Hall–Kier alpha value is -4.28. The fourth-order valence-corrected chi connectivity index (χ4v) is 5.67. The Bertz CT molecular complexity index is 1400. The van der Waals surface area contributed by atoms with E-state index in [9.17, 15) is 19.5 Å². The normalized spacial score (nSPS) is 14.4. The quantitative estimate of drug-likeness (QED) is 0.0576. The number of benzene rings is 1. The highest BCUT2D eigenvalue weighted by atomic mass is 16.6. The molecule has 0 radical (unpaired) electrons. The smallest absolute Gasteiger partial charge is 0.243 e. The molecular weight excluding hydrogens is 710 g/mol. The van der Waals surface area contributed by atoms with E-state index in [2.05, 4.69) is 27.0 Å². The Kier molecular flexibility index (Phi) is 23.1. The van der Waals surface area contributed by atoms with Crippen LogP contribution in [0.1, 0.15) is 62.2 Å². The number of aromatic hydroxyl groups is 1. The van der Waals surface area contributed by atoms with Crippen LogP contribution >= 0.6 is 0 Å². The van der Waals surface area contributed by atoms with Crippen LogP contribution in [0, 0.1) is 0 Å². The van der Waals surface area contributed by atoms with Crippen molar-refractivity contribution in [3.05, 3.63) is 60.4 Å². The van der Waals surface area contributed by atoms with Crippen molar-refractivity contribution >= 4 is 23.4 Å². The van der Waals surface area contributed by atoms with Gasteiger partial charge < -0.3 is 54.4 Å². The molecule has 0 saturated carbocycles. The number of rotatable bonds is 31. The lowest BCUT2D eigenvalue weighted by atomic mass is 10.1. The number of phenolic OH excluding ortho intramolecular Hbond substituents is 1. The number of pyridine rings is 1. The minimum Gasteiger partial charge on any atom is -0.507 e. The Morgan fingerprint density at radius 3 is 2.09 bits per heavy atom. The predicted octanol–water partition coefficient (Wildman–Crippen LogP) is 3.49. The molecule has 0 bridgehead atoms. The van der Waals surface area contributed by atoms with Crippen LogP contribution in [-0.4, -0.2) is 137 Å². The Morgan fingerprint density at radius 1 is 0.818 bits per heavy atom. The zero-order chi connectivity index (χ0) is 39.4. The fourth-order valence-electron chi connectivity index (χ4n) is 5.67. The van der Waals surface area contributed by atoms with Gasteiger partial charge in [0.25, 0.3) is 0 Å². The number of carbonyl (C=O) groups excluding carboxylic acids is 3. The number of phenols is 1. The molecule has 1 aliphatic rings. The number of piperazine rings is 1. The number of hydrogen-bond donors (Lipinski definition) is 3. The number of nitrogens with one attached hydrogen (secondary N) is 1. The van der Waals surface area contributed by atoms with Crippen LogP contribution in [0.3, 0.4) is 0 Å². The first-order valence-electron chi connectivity index (χ1n) is 19.4. The number of amides is 2. The van der Waals surface area contributed by atoms with E-state index in [1.807, 2.05) is 18.3 Å². The predicted molar refractivity (Wildman–Crippen MR) is 208 cm³/mol. The lowest BCUT2D eigenvalue weighted by Crippen LogP contribution is -2.50. The van der Waals surface area contributed by atoms with E-state index in [-0.39, 0.29) is 30.1 Å². The number of allylic oxidation sites excluding steroid dienone is 1. The van der Waals surface area contributed by atoms with E-state index in [0.29, 0.717) is 84.6 Å². The second kappa shape index (κ2) is 28.2. The zero-order valence-corrected chi connectivity index (χ0v) is 32.4. The summed E-state index contributed by atoms with van der Waals surface area (Å²) in [5.74, 6) is 0.981. The van der Waals surface area contributed by atoms with Crippen molar-refractivity contribution < 1.29 is 47.9 Å². The average molecular weight is 772 g/mol. The minimum absolute atomic E-state index is 0.0113. The molecule has 4 N–H and O–H groups in total. The highest BCUT2D eigenvalue weighted by Gasteiger charge is 2.22. The maximum Gasteiger partial charge on any atom is 0.243 e. The summed E-state index contributed by atoms with van der Waals surface area (Å²) in [6.07, 6.45) is 11.8. The van der Waals surface area contributed by atoms with Gasteiger partial charge >= 0.3 is 0 Å². The number of carbonyl (C=O) groups is 3. The average Bonchev–Trinajstić information content (AvgIpc) is 3.18. The van der Waals surface area contributed by atoms with Crippen LogP contribution in [0.4, 0.5) is 5.82 Å². The minimum atomic E-state index is -0.503. The second-order valence-corrected chi connectivity index (χ2v) is 13.1. The van der Waals surface area contributed by atoms with Gasteiger partial charge in [-0.15, -0.1) is 0 Å². The van der Waals surface area contributed by atoms with Crippen molar-refractivity contribution in [1.82, 2.24) is 15.2 Å². The van der Waals surface area contributed by atoms with Crippen molar-refractivity contribution in [2.24, 2.45) is 5.73 Å². The first kappa shape index (κ1) is 45.1. The Balaban J connectivity index is 1.08. The molecular formula is C40H61N5O10. The monoisotopic (exact) mass is 771 g/mol. The lowest BCUT2D eigenvalue weighted by molar-refractivity contribution is -0.123. The van der Waals surface area contributed by atoms with Gasteiger partial charge in [0.15, 0.2) is 5.78 Å². The van der Waals surface area contributed by atoms with Crippen LogP contribution in [0.5, 0.6) is 11.5 Å². The van der Waals surface area contributed by atoms with Crippen LogP contribution in [0.15, 0.2) is 54.9 Å². The molecule has 2 aromatic rings. The van der Waals surface area contributed by atoms with E-state index >= 15 is 0 Å². The van der Waals surface area contributed by atoms with Gasteiger partial charge in [0.1, 0.15) is 23.9 Å². The molecule has 1 atom stereocenters. The third kappa shape index (κ3) is 20.3. The zero-order valence-electron chi connectivity index (χ0n) is 32.4. The van der Waals surface area contributed by atoms with Crippen molar-refractivity contribution in [3.63, 3.8) is 0 Å². The molecule has 15 nitrogen and oxygen atoms in total. The molecule has 306 valence electrons. The number of hydrogen-bond acceptors (Lipinski definition) is 13. The van der Waals surface area contributed by atoms with Gasteiger partial charge in [-0.1, -0.05) is 37.8 Å². The lowest BCUT2D eigenvalue weighted by Gasteiger charge is -2.40. The number of ketones is 1. The number of ether oxygens (including phenoxy) is 6. The van der Waals surface area contributed by atoms with E-state index in [1.165, 1.54) is 12.1 Å². The maximum absolute atomic E-state index is 12.5. The molecule has 0 aliphatic carbocycles. The van der Waals surface area contributed by atoms with Crippen LogP contribution in [0.2, 0.25) is 0 Å². The molecule has 2 heterocycles. The summed E-state index contributed by atoms with van der Waals surface area (Å²) in [7, 11) is 0. The first-order valence-corrected chi connectivity index (χ1v) is 19.4. The van der Waals surface area contributed by atoms with Crippen molar-refractivity contribution in [2.45, 2.75) is 57.9 Å². The molecule has 15 heteroatoms. The molecule has 2 amide bonds. The van der Waals surface area contributed by atoms with E-state index in [1.54, 1.807) is 24.4 Å². The fraction of sp³-hybridized carbons (Fsp3) is 0.600. The summed E-state index contributed by atoms with van der Waals surface area (Å²) in [6, 6.07) is 10.7. The molecule has 0 unspecified atom stereocenters. The topological polar surface area (TPSA) is 184 Å². The maximum atomic E-state index is 12.5. The van der Waals surface area contributed by atoms with Crippen LogP contribution in [-0.2, 0) is 33.3 Å². The van der Waals surface area contributed by atoms with Gasteiger partial charge in [0.05, 0.1) is 77.8 Å². The SMILES string of the molecule is C[C@@H]1CN(c2ccc(OCCCCCCCCC(=O)NCCOCCOCCOCCOCCOCC(N)=O)cn2)CCN1/C=C/C(=O)c1ccccc1O. The van der Waals surface area contributed by atoms with Crippen molar-refractivity contribution in [1.29, 1.82) is 0 Å². The van der Waals surface area contributed by atoms with Crippen LogP contribution in [0.25, 0.3) is 0 Å². The molecule has 0 spiro atoms. The molecule has 1 aromatic carbocycles. The molecule has 55 heavy (non-hydrogen) atoms. The first-order chi connectivity index (χ1) is 26.8. The third-order valence-corrected chi connectivity index (χ3v) is 8.68. The number of aromatic nitrogens is 1. The summed E-state index contributed by atoms with van der Waals surface area (Å²) in [6.45, 7) is 9.27. The summed E-state index contributed by atoms with van der Waals surface area (Å²) in [5.41, 5.74) is 5.27. The number of anilines is 1. The Morgan fingerprint density at radius 2 is 1.45 bits per heavy atom. The summed E-state index contributed by atoms with van der Waals surface area (Å²) < 4.78 is 32.5. The molecule has 1 saturated heterocycles. The van der Waals surface area contributed by atoms with E-state index in [0.717, 1.165) is 69.7 Å². The van der Waals surface area contributed by atoms with E-state index < -0.39 is 5.91 Å². The van der Waals surface area contributed by atoms with Crippen molar-refractivity contribution in [2.75, 3.05) is 104 Å². The van der Waals surface area contributed by atoms with Gasteiger partial charge in [-0.2, -0.15) is 0 Å². The van der Waals surface area contributed by atoms with Crippen molar-refractivity contribution in [3.8, 4) is 11.5 Å². The largest absolute Gasteiger partial charge is 0.507 e. The van der Waals surface area contributed by atoms with Crippen LogP contribution < -0.4 is 20.7 Å². The third-order valence-electron chi connectivity index (χ3n) is 8.68. The van der Waals surface area contributed by atoms with Gasteiger partial charge in [-0.05, 0) is 44.0 Å². The summed E-state index contributed by atoms with van der Waals surface area (Å²) in [4.78, 5) is 44.1. The number of nitrogens with two attached hydrogens (primary N) is 1. The molecule has 1 fully saturated rings. The van der Waals surface area contributed by atoms with Gasteiger partial charge in [0, 0.05) is 50.9 Å². The summed E-state index contributed by atoms with van der Waals surface area (Å²) >= 11 is 0.